The van der Waals surface area contributed by atoms with Gasteiger partial charge in [0.1, 0.15) is 0 Å². The first kappa shape index (κ1) is 10.7. The molecule has 1 unspecified atom stereocenters. The Morgan fingerprint density at radius 2 is 1.93 bits per heavy atom. The zero-order valence-corrected chi connectivity index (χ0v) is 9.49. The van der Waals surface area contributed by atoms with Crippen molar-refractivity contribution in [3.63, 3.8) is 0 Å². The second-order valence-electron chi connectivity index (χ2n) is 4.46. The molecular formula is C13H19NO. The van der Waals surface area contributed by atoms with Crippen LogP contribution in [-0.4, -0.2) is 13.7 Å². The SMILES string of the molecule is COC1(c2ccc(C(C)CN)cc2)CC1. The van der Waals surface area contributed by atoms with E-state index in [1.165, 1.54) is 11.1 Å². The van der Waals surface area contributed by atoms with Crippen LogP contribution in [0.25, 0.3) is 0 Å². The molecule has 1 saturated carbocycles. The van der Waals surface area contributed by atoms with Crippen LogP contribution in [0.3, 0.4) is 0 Å². The van der Waals surface area contributed by atoms with Gasteiger partial charge in [-0.15, -0.1) is 0 Å². The summed E-state index contributed by atoms with van der Waals surface area (Å²) in [5, 5.41) is 0. The van der Waals surface area contributed by atoms with Crippen molar-refractivity contribution in [3.8, 4) is 0 Å². The van der Waals surface area contributed by atoms with Crippen LogP contribution in [-0.2, 0) is 10.3 Å². The van der Waals surface area contributed by atoms with Crippen molar-refractivity contribution in [2.75, 3.05) is 13.7 Å². The van der Waals surface area contributed by atoms with E-state index in [2.05, 4.69) is 31.2 Å². The summed E-state index contributed by atoms with van der Waals surface area (Å²) in [4.78, 5) is 0. The first-order valence-electron chi connectivity index (χ1n) is 5.57. The Morgan fingerprint density at radius 1 is 1.33 bits per heavy atom. The molecule has 0 aromatic heterocycles. The highest BCUT2D eigenvalue weighted by molar-refractivity contribution is 5.32. The first-order valence-corrected chi connectivity index (χ1v) is 5.57. The molecule has 2 rings (SSSR count). The van der Waals surface area contributed by atoms with Gasteiger partial charge in [0.2, 0.25) is 0 Å². The molecule has 0 spiro atoms. The highest BCUT2D eigenvalue weighted by atomic mass is 16.5. The van der Waals surface area contributed by atoms with Crippen LogP contribution in [0.4, 0.5) is 0 Å². The molecule has 1 aliphatic rings. The normalized spacial score (nSPS) is 19.9. The van der Waals surface area contributed by atoms with Crippen LogP contribution < -0.4 is 5.73 Å². The van der Waals surface area contributed by atoms with E-state index < -0.39 is 0 Å². The predicted molar refractivity (Wildman–Crippen MR) is 61.8 cm³/mol. The third-order valence-electron chi connectivity index (χ3n) is 3.45. The van der Waals surface area contributed by atoms with Gasteiger partial charge in [0.05, 0.1) is 5.60 Å². The lowest BCUT2D eigenvalue weighted by molar-refractivity contribution is 0.0789. The van der Waals surface area contributed by atoms with Gasteiger partial charge < -0.3 is 10.5 Å². The highest BCUT2D eigenvalue weighted by Crippen LogP contribution is 2.48. The summed E-state index contributed by atoms with van der Waals surface area (Å²) < 4.78 is 5.54. The summed E-state index contributed by atoms with van der Waals surface area (Å²) in [5.74, 6) is 0.441. The van der Waals surface area contributed by atoms with Crippen LogP contribution in [0.1, 0.15) is 36.8 Å². The van der Waals surface area contributed by atoms with Gasteiger partial charge in [-0.1, -0.05) is 31.2 Å². The number of benzene rings is 1. The van der Waals surface area contributed by atoms with Crippen molar-refractivity contribution in [2.45, 2.75) is 31.3 Å². The van der Waals surface area contributed by atoms with Crippen molar-refractivity contribution in [2.24, 2.45) is 5.73 Å². The molecule has 2 nitrogen and oxygen atoms in total. The molecule has 1 aliphatic carbocycles. The fourth-order valence-electron chi connectivity index (χ4n) is 1.98. The summed E-state index contributed by atoms with van der Waals surface area (Å²) in [7, 11) is 1.80. The van der Waals surface area contributed by atoms with Crippen LogP contribution in [0.5, 0.6) is 0 Å². The van der Waals surface area contributed by atoms with Crippen molar-refractivity contribution in [1.29, 1.82) is 0 Å². The number of rotatable bonds is 4. The second kappa shape index (κ2) is 3.95. The average molecular weight is 205 g/mol. The Labute approximate surface area is 91.4 Å². The Kier molecular flexibility index (Phi) is 2.81. The minimum absolute atomic E-state index is 0.0322. The zero-order chi connectivity index (χ0) is 10.9. The van der Waals surface area contributed by atoms with Crippen LogP contribution >= 0.6 is 0 Å². The van der Waals surface area contributed by atoms with Crippen LogP contribution in [0.15, 0.2) is 24.3 Å². The Hall–Kier alpha value is -0.860. The van der Waals surface area contributed by atoms with E-state index in [1.807, 2.05) is 0 Å². The van der Waals surface area contributed by atoms with Gasteiger partial charge in [-0.2, -0.15) is 0 Å². The second-order valence-corrected chi connectivity index (χ2v) is 4.46. The summed E-state index contributed by atoms with van der Waals surface area (Å²) >= 11 is 0. The molecule has 15 heavy (non-hydrogen) atoms. The molecule has 0 aliphatic heterocycles. The van der Waals surface area contributed by atoms with E-state index in [4.69, 9.17) is 10.5 Å². The summed E-state index contributed by atoms with van der Waals surface area (Å²) in [6.45, 7) is 2.85. The lowest BCUT2D eigenvalue weighted by Crippen LogP contribution is -2.11. The fourth-order valence-corrected chi connectivity index (χ4v) is 1.98. The van der Waals surface area contributed by atoms with Gasteiger partial charge in [-0.05, 0) is 36.4 Å². The molecule has 0 saturated heterocycles. The standard InChI is InChI=1S/C13H19NO/c1-10(9-14)11-3-5-12(6-4-11)13(15-2)7-8-13/h3-6,10H,7-9,14H2,1-2H3. The molecule has 82 valence electrons. The molecule has 0 amide bonds. The third-order valence-corrected chi connectivity index (χ3v) is 3.45. The van der Waals surface area contributed by atoms with E-state index in [-0.39, 0.29) is 5.60 Å². The molecule has 1 aromatic carbocycles. The van der Waals surface area contributed by atoms with Crippen molar-refractivity contribution < 1.29 is 4.74 Å². The number of methoxy groups -OCH3 is 1. The minimum Gasteiger partial charge on any atom is -0.374 e. The topological polar surface area (TPSA) is 35.2 Å². The summed E-state index contributed by atoms with van der Waals surface area (Å²) in [5.41, 5.74) is 8.29. The Morgan fingerprint density at radius 3 is 2.33 bits per heavy atom. The lowest BCUT2D eigenvalue weighted by Gasteiger charge is -2.15. The van der Waals surface area contributed by atoms with Gasteiger partial charge in [-0.3, -0.25) is 0 Å². The largest absolute Gasteiger partial charge is 0.374 e. The van der Waals surface area contributed by atoms with Gasteiger partial charge in [-0.25, -0.2) is 0 Å². The number of nitrogens with two attached hydrogens (primary N) is 1. The lowest BCUT2D eigenvalue weighted by atomic mass is 9.98. The monoisotopic (exact) mass is 205 g/mol. The molecule has 1 atom stereocenters. The van der Waals surface area contributed by atoms with Crippen molar-refractivity contribution in [3.05, 3.63) is 35.4 Å². The Balaban J connectivity index is 2.17. The van der Waals surface area contributed by atoms with Gasteiger partial charge in [0.25, 0.3) is 0 Å². The molecule has 2 N–H and O–H groups in total. The van der Waals surface area contributed by atoms with E-state index in [0.29, 0.717) is 12.5 Å². The van der Waals surface area contributed by atoms with Crippen LogP contribution in [0, 0.1) is 0 Å². The predicted octanol–water partition coefficient (Wildman–Crippen LogP) is 2.38. The average Bonchev–Trinajstić information content (AvgIpc) is 3.09. The fraction of sp³-hybridized carbons (Fsp3) is 0.538. The van der Waals surface area contributed by atoms with Gasteiger partial charge in [0, 0.05) is 7.11 Å². The molecular weight excluding hydrogens is 186 g/mol. The van der Waals surface area contributed by atoms with Crippen molar-refractivity contribution in [1.82, 2.24) is 0 Å². The highest BCUT2D eigenvalue weighted by Gasteiger charge is 2.44. The molecule has 1 fully saturated rings. The number of hydrogen-bond acceptors (Lipinski definition) is 2. The Bertz CT molecular complexity index is 327. The van der Waals surface area contributed by atoms with Gasteiger partial charge in [0.15, 0.2) is 0 Å². The minimum atomic E-state index is 0.0322. The smallest absolute Gasteiger partial charge is 0.0929 e. The quantitative estimate of drug-likeness (QED) is 0.819. The summed E-state index contributed by atoms with van der Waals surface area (Å²) in [6, 6.07) is 8.70. The molecule has 0 heterocycles. The maximum absolute atomic E-state index is 5.64. The van der Waals surface area contributed by atoms with E-state index >= 15 is 0 Å². The van der Waals surface area contributed by atoms with Gasteiger partial charge >= 0.3 is 0 Å². The molecule has 0 bridgehead atoms. The third kappa shape index (κ3) is 1.92. The first-order chi connectivity index (χ1) is 7.22. The molecule has 0 radical (unpaired) electrons. The van der Waals surface area contributed by atoms with E-state index in [0.717, 1.165) is 12.8 Å². The van der Waals surface area contributed by atoms with Crippen LogP contribution in [0.2, 0.25) is 0 Å². The molecule has 2 heteroatoms. The zero-order valence-electron chi connectivity index (χ0n) is 9.49. The molecule has 1 aromatic rings. The van der Waals surface area contributed by atoms with Crippen molar-refractivity contribution >= 4 is 0 Å². The van der Waals surface area contributed by atoms with E-state index in [1.54, 1.807) is 7.11 Å². The van der Waals surface area contributed by atoms with E-state index in [9.17, 15) is 0 Å². The maximum Gasteiger partial charge on any atom is 0.0929 e. The number of hydrogen-bond donors (Lipinski definition) is 1. The summed E-state index contributed by atoms with van der Waals surface area (Å²) in [6.07, 6.45) is 2.30. The number of ether oxygens (including phenoxy) is 1. The maximum atomic E-state index is 5.64.